The van der Waals surface area contributed by atoms with Crippen molar-refractivity contribution in [3.63, 3.8) is 0 Å². The lowest BCUT2D eigenvalue weighted by Crippen LogP contribution is -2.22. The number of nitrogens with zero attached hydrogens (tertiary/aromatic N) is 1. The van der Waals surface area contributed by atoms with Crippen LogP contribution in [0.3, 0.4) is 0 Å². The van der Waals surface area contributed by atoms with Crippen molar-refractivity contribution in [1.82, 2.24) is 4.98 Å². The molecule has 1 rings (SSSR count). The fourth-order valence-electron chi connectivity index (χ4n) is 0.585. The lowest BCUT2D eigenvalue weighted by Gasteiger charge is -1.96. The standard InChI is InChI=1S/C6H7NO2S/c8-6(9)2-1-5-7-3-4-10-5/h3-4H,1-2H2,(H,8,9)/p-1. The van der Waals surface area contributed by atoms with Gasteiger partial charge in [0.2, 0.25) is 0 Å². The predicted octanol–water partition coefficient (Wildman–Crippen LogP) is -0.174. The molecule has 0 aromatic carbocycles. The van der Waals surface area contributed by atoms with E-state index < -0.39 is 5.97 Å². The van der Waals surface area contributed by atoms with Gasteiger partial charge in [0.25, 0.3) is 0 Å². The normalized spacial score (nSPS) is 9.60. The Balaban J connectivity index is 2.35. The Morgan fingerprint density at radius 1 is 1.80 bits per heavy atom. The van der Waals surface area contributed by atoms with Crippen LogP contribution in [0.1, 0.15) is 11.4 Å². The van der Waals surface area contributed by atoms with E-state index in [2.05, 4.69) is 4.98 Å². The van der Waals surface area contributed by atoms with Gasteiger partial charge in [-0.15, -0.1) is 11.3 Å². The number of hydrogen-bond acceptors (Lipinski definition) is 4. The molecule has 0 aliphatic rings. The first-order chi connectivity index (χ1) is 4.79. The minimum absolute atomic E-state index is 0.0630. The molecule has 10 heavy (non-hydrogen) atoms. The van der Waals surface area contributed by atoms with Crippen molar-refractivity contribution in [2.75, 3.05) is 0 Å². The summed E-state index contributed by atoms with van der Waals surface area (Å²) in [6, 6.07) is 0. The van der Waals surface area contributed by atoms with E-state index in [0.29, 0.717) is 6.42 Å². The van der Waals surface area contributed by atoms with Crippen LogP contribution < -0.4 is 5.11 Å². The minimum atomic E-state index is -1.02. The summed E-state index contributed by atoms with van der Waals surface area (Å²) >= 11 is 1.46. The van der Waals surface area contributed by atoms with Gasteiger partial charge in [0, 0.05) is 24.0 Å². The Kier molecular flexibility index (Phi) is 2.39. The first kappa shape index (κ1) is 7.21. The molecule has 0 amide bonds. The number of aryl methyl sites for hydroxylation is 1. The Labute approximate surface area is 62.3 Å². The zero-order chi connectivity index (χ0) is 7.40. The van der Waals surface area contributed by atoms with Gasteiger partial charge < -0.3 is 9.90 Å². The average Bonchev–Trinajstić information content (AvgIpc) is 2.34. The summed E-state index contributed by atoms with van der Waals surface area (Å²) in [4.78, 5) is 13.9. The van der Waals surface area contributed by atoms with Gasteiger partial charge in [-0.05, 0) is 6.42 Å². The Bertz CT molecular complexity index is 208. The van der Waals surface area contributed by atoms with E-state index in [1.54, 1.807) is 6.20 Å². The Hall–Kier alpha value is -0.900. The molecule has 0 aliphatic carbocycles. The molecule has 54 valence electrons. The molecule has 0 radical (unpaired) electrons. The second-order valence-electron chi connectivity index (χ2n) is 1.80. The van der Waals surface area contributed by atoms with E-state index >= 15 is 0 Å². The summed E-state index contributed by atoms with van der Waals surface area (Å²) in [6.07, 6.45) is 2.21. The minimum Gasteiger partial charge on any atom is -0.550 e. The highest BCUT2D eigenvalue weighted by Gasteiger charge is 1.93. The molecule has 1 heterocycles. The highest BCUT2D eigenvalue weighted by Crippen LogP contribution is 2.05. The zero-order valence-corrected chi connectivity index (χ0v) is 6.06. The van der Waals surface area contributed by atoms with Crippen LogP contribution in [-0.4, -0.2) is 11.0 Å². The highest BCUT2D eigenvalue weighted by atomic mass is 32.1. The quantitative estimate of drug-likeness (QED) is 0.610. The summed E-state index contributed by atoms with van der Waals surface area (Å²) in [5.74, 6) is -1.02. The van der Waals surface area contributed by atoms with Crippen molar-refractivity contribution >= 4 is 17.3 Å². The Morgan fingerprint density at radius 2 is 2.60 bits per heavy atom. The second kappa shape index (κ2) is 3.31. The van der Waals surface area contributed by atoms with Crippen LogP contribution in [0.25, 0.3) is 0 Å². The number of thiazole rings is 1. The van der Waals surface area contributed by atoms with Gasteiger partial charge in [0.05, 0.1) is 5.01 Å². The third-order valence-corrected chi connectivity index (χ3v) is 1.87. The van der Waals surface area contributed by atoms with Gasteiger partial charge in [-0.2, -0.15) is 0 Å². The van der Waals surface area contributed by atoms with Crippen LogP contribution in [0.15, 0.2) is 11.6 Å². The van der Waals surface area contributed by atoms with Gasteiger partial charge in [0.15, 0.2) is 0 Å². The van der Waals surface area contributed by atoms with Crippen LogP contribution >= 0.6 is 11.3 Å². The third kappa shape index (κ3) is 2.14. The Morgan fingerprint density at radius 3 is 3.10 bits per heavy atom. The van der Waals surface area contributed by atoms with E-state index in [1.807, 2.05) is 5.38 Å². The molecule has 0 bridgehead atoms. The summed E-state index contributed by atoms with van der Waals surface area (Å²) in [5.41, 5.74) is 0. The number of rotatable bonds is 3. The number of carbonyl (C=O) groups excluding carboxylic acids is 1. The second-order valence-corrected chi connectivity index (χ2v) is 2.78. The van der Waals surface area contributed by atoms with Gasteiger partial charge >= 0.3 is 0 Å². The largest absolute Gasteiger partial charge is 0.550 e. The lowest BCUT2D eigenvalue weighted by molar-refractivity contribution is -0.305. The molecule has 0 spiro atoms. The number of carbonyl (C=O) groups is 1. The maximum absolute atomic E-state index is 9.96. The first-order valence-corrected chi connectivity index (χ1v) is 3.75. The van der Waals surface area contributed by atoms with E-state index in [-0.39, 0.29) is 6.42 Å². The summed E-state index contributed by atoms with van der Waals surface area (Å²) in [7, 11) is 0. The van der Waals surface area contributed by atoms with Crippen molar-refractivity contribution in [2.45, 2.75) is 12.8 Å². The van der Waals surface area contributed by atoms with Crippen LogP contribution in [0.4, 0.5) is 0 Å². The molecule has 1 aromatic heterocycles. The van der Waals surface area contributed by atoms with E-state index in [4.69, 9.17) is 0 Å². The maximum atomic E-state index is 9.96. The van der Waals surface area contributed by atoms with Gasteiger partial charge in [-0.25, -0.2) is 4.98 Å². The molecule has 0 aliphatic heterocycles. The smallest absolute Gasteiger partial charge is 0.0928 e. The van der Waals surface area contributed by atoms with Crippen molar-refractivity contribution in [3.05, 3.63) is 16.6 Å². The van der Waals surface area contributed by atoms with Crippen molar-refractivity contribution < 1.29 is 9.90 Å². The van der Waals surface area contributed by atoms with Crippen LogP contribution in [0.5, 0.6) is 0 Å². The summed E-state index contributed by atoms with van der Waals surface area (Å²) in [5, 5.41) is 12.6. The monoisotopic (exact) mass is 156 g/mol. The zero-order valence-electron chi connectivity index (χ0n) is 5.24. The lowest BCUT2D eigenvalue weighted by atomic mass is 10.3. The molecule has 0 fully saturated rings. The molecule has 0 saturated carbocycles. The molecule has 0 unspecified atom stereocenters. The third-order valence-electron chi connectivity index (χ3n) is 1.03. The van der Waals surface area contributed by atoms with Gasteiger partial charge in [-0.1, -0.05) is 0 Å². The molecule has 0 saturated heterocycles. The van der Waals surface area contributed by atoms with Gasteiger partial charge in [0.1, 0.15) is 0 Å². The molecule has 0 N–H and O–H groups in total. The first-order valence-electron chi connectivity index (χ1n) is 2.87. The fraction of sp³-hybridized carbons (Fsp3) is 0.333. The van der Waals surface area contributed by atoms with Crippen LogP contribution in [0.2, 0.25) is 0 Å². The SMILES string of the molecule is O=C([O-])CCc1nccs1. The van der Waals surface area contributed by atoms with E-state index in [9.17, 15) is 9.90 Å². The topological polar surface area (TPSA) is 53.0 Å². The number of hydrogen-bond donors (Lipinski definition) is 0. The van der Waals surface area contributed by atoms with Gasteiger partial charge in [-0.3, -0.25) is 0 Å². The molecular weight excluding hydrogens is 150 g/mol. The van der Waals surface area contributed by atoms with Crippen molar-refractivity contribution in [2.24, 2.45) is 0 Å². The summed E-state index contributed by atoms with van der Waals surface area (Å²) in [6.45, 7) is 0. The average molecular weight is 156 g/mol. The number of carboxylic acid groups (broad SMARTS) is 1. The molecule has 0 atom stereocenters. The number of aromatic nitrogens is 1. The molecule has 3 nitrogen and oxygen atoms in total. The fourth-order valence-corrected chi connectivity index (χ4v) is 1.21. The molecule has 4 heteroatoms. The maximum Gasteiger partial charge on any atom is 0.0928 e. The predicted molar refractivity (Wildman–Crippen MR) is 35.4 cm³/mol. The number of aliphatic carboxylic acids is 1. The molecule has 1 aromatic rings. The number of carboxylic acids is 1. The van der Waals surface area contributed by atoms with Crippen molar-refractivity contribution in [1.29, 1.82) is 0 Å². The highest BCUT2D eigenvalue weighted by molar-refractivity contribution is 7.09. The summed E-state index contributed by atoms with van der Waals surface area (Å²) < 4.78 is 0. The van der Waals surface area contributed by atoms with Crippen LogP contribution in [0, 0.1) is 0 Å². The van der Waals surface area contributed by atoms with Crippen LogP contribution in [-0.2, 0) is 11.2 Å². The van der Waals surface area contributed by atoms with E-state index in [0.717, 1.165) is 5.01 Å². The van der Waals surface area contributed by atoms with Crippen molar-refractivity contribution in [3.8, 4) is 0 Å². The van der Waals surface area contributed by atoms with E-state index in [1.165, 1.54) is 11.3 Å². The molecular formula is C6H6NO2S-.